The highest BCUT2D eigenvalue weighted by molar-refractivity contribution is 6.35. The lowest BCUT2D eigenvalue weighted by molar-refractivity contribution is -0.112. The lowest BCUT2D eigenvalue weighted by Crippen LogP contribution is -2.30. The van der Waals surface area contributed by atoms with Gasteiger partial charge in [-0.1, -0.05) is 23.7 Å². The number of methoxy groups -OCH3 is 2. The Hall–Kier alpha value is -4.92. The van der Waals surface area contributed by atoms with Gasteiger partial charge in [-0.2, -0.15) is 10.2 Å². The van der Waals surface area contributed by atoms with E-state index < -0.39 is 11.4 Å². The van der Waals surface area contributed by atoms with E-state index in [4.69, 9.17) is 26.8 Å². The molecule has 0 aliphatic carbocycles. The van der Waals surface area contributed by atoms with E-state index in [1.807, 2.05) is 18.2 Å². The number of nitriles is 1. The normalized spacial score (nSPS) is 11.6. The average molecular weight is 602 g/mol. The number of pyridine rings is 1. The summed E-state index contributed by atoms with van der Waals surface area (Å²) >= 11 is 6.65. The highest BCUT2D eigenvalue weighted by Gasteiger charge is 2.19. The van der Waals surface area contributed by atoms with Gasteiger partial charge in [0.15, 0.2) is 0 Å². The lowest BCUT2D eigenvalue weighted by Gasteiger charge is -2.16. The van der Waals surface area contributed by atoms with Gasteiger partial charge in [-0.3, -0.25) is 14.2 Å². The van der Waals surface area contributed by atoms with Gasteiger partial charge >= 0.3 is 0 Å². The molecule has 4 rings (SSSR count). The van der Waals surface area contributed by atoms with E-state index in [1.54, 1.807) is 62.0 Å². The molecular formula is C31H32ClN7O4. The summed E-state index contributed by atoms with van der Waals surface area (Å²) in [5.74, 6) is 0.690. The third-order valence-electron chi connectivity index (χ3n) is 6.53. The van der Waals surface area contributed by atoms with Gasteiger partial charge in [0.25, 0.3) is 11.5 Å². The first-order valence-corrected chi connectivity index (χ1v) is 13.7. The fourth-order valence-electron chi connectivity index (χ4n) is 4.43. The summed E-state index contributed by atoms with van der Waals surface area (Å²) in [6, 6.07) is 14.1. The van der Waals surface area contributed by atoms with Crippen LogP contribution in [0.3, 0.4) is 0 Å². The van der Waals surface area contributed by atoms with E-state index in [9.17, 15) is 14.9 Å². The number of aryl methyl sites for hydroxylation is 2. The van der Waals surface area contributed by atoms with Gasteiger partial charge in [0, 0.05) is 53.6 Å². The summed E-state index contributed by atoms with van der Waals surface area (Å²) in [5.41, 5.74) is 7.43. The molecule has 0 bridgehead atoms. The highest BCUT2D eigenvalue weighted by atomic mass is 35.5. The molecule has 43 heavy (non-hydrogen) atoms. The van der Waals surface area contributed by atoms with Crippen molar-refractivity contribution >= 4 is 40.2 Å². The number of benzene rings is 2. The van der Waals surface area contributed by atoms with Crippen LogP contribution < -0.4 is 31.4 Å². The molecule has 0 saturated carbocycles. The zero-order valence-electron chi connectivity index (χ0n) is 24.5. The van der Waals surface area contributed by atoms with Gasteiger partial charge < -0.3 is 25.8 Å². The van der Waals surface area contributed by atoms with Gasteiger partial charge in [0.2, 0.25) is 5.95 Å². The fraction of sp³-hybridized carbons (Fsp3) is 0.258. The largest absolute Gasteiger partial charge is 0.497 e. The van der Waals surface area contributed by atoms with Crippen molar-refractivity contribution in [1.29, 1.82) is 5.26 Å². The van der Waals surface area contributed by atoms with Crippen molar-refractivity contribution < 1.29 is 14.3 Å². The predicted octanol–water partition coefficient (Wildman–Crippen LogP) is 4.54. The monoisotopic (exact) mass is 601 g/mol. The molecule has 0 spiro atoms. The SMILES string of the molecule is CNc1ncc2cc(-c3cc(OC)cc(OC)c3Cl)c(=O)n(CCc3ccc(NC(=O)C(C#N)=CC(C)(C)N)cc3)c2n1. The zero-order chi connectivity index (χ0) is 31.3. The van der Waals surface area contributed by atoms with Crippen molar-refractivity contribution in [2.24, 2.45) is 5.73 Å². The standard InChI is InChI=1S/C31H32ClN7O4/c1-31(2,34)15-20(16-33)28(40)37-21-8-6-18(7-9-21)10-11-39-27-19(17-36-30(35-3)38-27)12-24(29(39)41)23-13-22(42-4)14-25(43-5)26(23)32/h6-9,12-15,17H,10-11,34H2,1-5H3,(H,37,40)(H,35,36,38). The molecule has 222 valence electrons. The molecule has 2 heterocycles. The van der Waals surface area contributed by atoms with Crippen LogP contribution in [-0.2, 0) is 17.8 Å². The van der Waals surface area contributed by atoms with Crippen LogP contribution in [-0.4, -0.2) is 47.2 Å². The molecule has 0 aliphatic rings. The Kier molecular flexibility index (Phi) is 9.34. The zero-order valence-corrected chi connectivity index (χ0v) is 25.2. The van der Waals surface area contributed by atoms with E-state index in [1.165, 1.54) is 20.3 Å². The van der Waals surface area contributed by atoms with Gasteiger partial charge in [0.05, 0.1) is 19.2 Å². The molecule has 1 amide bonds. The molecule has 0 aliphatic heterocycles. The van der Waals surface area contributed by atoms with Crippen LogP contribution in [0.15, 0.2) is 65.1 Å². The number of halogens is 1. The first kappa shape index (κ1) is 31.0. The summed E-state index contributed by atoms with van der Waals surface area (Å²) in [6.45, 7) is 3.69. The van der Waals surface area contributed by atoms with E-state index in [0.717, 1.165) is 5.56 Å². The maximum atomic E-state index is 14.0. The number of carbonyl (C=O) groups excluding carboxylic acids is 1. The minimum Gasteiger partial charge on any atom is -0.497 e. The van der Waals surface area contributed by atoms with E-state index >= 15 is 0 Å². The number of hydrogen-bond donors (Lipinski definition) is 3. The van der Waals surface area contributed by atoms with Crippen LogP contribution in [0.5, 0.6) is 11.5 Å². The van der Waals surface area contributed by atoms with Crippen LogP contribution in [0, 0.1) is 11.3 Å². The number of carbonyl (C=O) groups is 1. The summed E-state index contributed by atoms with van der Waals surface area (Å²) < 4.78 is 12.4. The minimum absolute atomic E-state index is 0.0700. The Bertz CT molecular complexity index is 1800. The van der Waals surface area contributed by atoms with Crippen LogP contribution in [0.25, 0.3) is 22.2 Å². The molecular weight excluding hydrogens is 570 g/mol. The molecule has 0 unspecified atom stereocenters. The number of fused-ring (bicyclic) bond motifs is 1. The summed E-state index contributed by atoms with van der Waals surface area (Å²) in [4.78, 5) is 35.4. The Morgan fingerprint density at radius 3 is 2.49 bits per heavy atom. The van der Waals surface area contributed by atoms with Crippen LogP contribution in [0.4, 0.5) is 11.6 Å². The lowest BCUT2D eigenvalue weighted by atomic mass is 10.0. The second-order valence-electron chi connectivity index (χ2n) is 10.3. The predicted molar refractivity (Wildman–Crippen MR) is 168 cm³/mol. The highest BCUT2D eigenvalue weighted by Crippen LogP contribution is 2.38. The van der Waals surface area contributed by atoms with Crippen LogP contribution in [0.1, 0.15) is 19.4 Å². The Morgan fingerprint density at radius 2 is 1.88 bits per heavy atom. The molecule has 0 atom stereocenters. The first-order valence-electron chi connectivity index (χ1n) is 13.3. The number of aromatic nitrogens is 3. The molecule has 0 radical (unpaired) electrons. The quantitative estimate of drug-likeness (QED) is 0.175. The number of nitrogens with two attached hydrogens (primary N) is 1. The molecule has 4 aromatic rings. The topological polar surface area (TPSA) is 157 Å². The molecule has 12 heteroatoms. The second kappa shape index (κ2) is 12.9. The number of rotatable bonds is 10. The maximum Gasteiger partial charge on any atom is 0.266 e. The number of nitrogens with one attached hydrogen (secondary N) is 2. The molecule has 4 N–H and O–H groups in total. The maximum absolute atomic E-state index is 14.0. The summed E-state index contributed by atoms with van der Waals surface area (Å²) in [5, 5.41) is 15.9. The van der Waals surface area contributed by atoms with Crippen molar-refractivity contribution in [3.8, 4) is 28.7 Å². The van der Waals surface area contributed by atoms with E-state index in [0.29, 0.717) is 58.3 Å². The summed E-state index contributed by atoms with van der Waals surface area (Å²) in [6.07, 6.45) is 3.54. The Balaban J connectivity index is 1.68. The minimum atomic E-state index is -0.811. The number of nitrogens with zero attached hydrogens (tertiary/aromatic N) is 4. The van der Waals surface area contributed by atoms with Crippen LogP contribution >= 0.6 is 11.6 Å². The molecule has 2 aromatic carbocycles. The van der Waals surface area contributed by atoms with Crippen molar-refractivity contribution in [1.82, 2.24) is 14.5 Å². The van der Waals surface area contributed by atoms with Crippen molar-refractivity contribution in [3.63, 3.8) is 0 Å². The number of hydrogen-bond acceptors (Lipinski definition) is 9. The molecule has 0 fully saturated rings. The van der Waals surface area contributed by atoms with Crippen LogP contribution in [0.2, 0.25) is 5.02 Å². The first-order chi connectivity index (χ1) is 20.5. The van der Waals surface area contributed by atoms with Gasteiger partial charge in [-0.15, -0.1) is 0 Å². The third-order valence-corrected chi connectivity index (χ3v) is 6.92. The van der Waals surface area contributed by atoms with Crippen molar-refractivity contribution in [2.75, 3.05) is 31.9 Å². The van der Waals surface area contributed by atoms with Crippen molar-refractivity contribution in [2.45, 2.75) is 32.4 Å². The number of amides is 1. The molecule has 0 saturated heterocycles. The number of anilines is 2. The molecule has 11 nitrogen and oxygen atoms in total. The summed E-state index contributed by atoms with van der Waals surface area (Å²) in [7, 11) is 4.72. The van der Waals surface area contributed by atoms with Gasteiger partial charge in [0.1, 0.15) is 28.8 Å². The molecule has 2 aromatic heterocycles. The van der Waals surface area contributed by atoms with E-state index in [2.05, 4.69) is 20.6 Å². The van der Waals surface area contributed by atoms with E-state index in [-0.39, 0.29) is 16.2 Å². The Morgan fingerprint density at radius 1 is 1.16 bits per heavy atom. The van der Waals surface area contributed by atoms with Gasteiger partial charge in [-0.05, 0) is 56.2 Å². The second-order valence-corrected chi connectivity index (χ2v) is 10.7. The fourth-order valence-corrected chi connectivity index (χ4v) is 4.72. The third kappa shape index (κ3) is 7.12. The average Bonchev–Trinajstić information content (AvgIpc) is 2.99. The van der Waals surface area contributed by atoms with Crippen molar-refractivity contribution in [3.05, 3.63) is 81.3 Å². The van der Waals surface area contributed by atoms with Gasteiger partial charge in [-0.25, -0.2) is 4.98 Å². The smallest absolute Gasteiger partial charge is 0.266 e. The number of ether oxygens (including phenoxy) is 2. The Labute approximate surface area is 253 Å².